The van der Waals surface area contributed by atoms with Gasteiger partial charge in [0.1, 0.15) is 0 Å². The van der Waals surface area contributed by atoms with Crippen molar-refractivity contribution in [2.45, 2.75) is 56.2 Å². The van der Waals surface area contributed by atoms with Gasteiger partial charge >= 0.3 is 0 Å². The Morgan fingerprint density at radius 2 is 1.76 bits per heavy atom. The first-order valence-electron chi connectivity index (χ1n) is 8.57. The van der Waals surface area contributed by atoms with Gasteiger partial charge in [-0.3, -0.25) is 4.90 Å². The van der Waals surface area contributed by atoms with Crippen molar-refractivity contribution in [2.75, 3.05) is 19.6 Å². The van der Waals surface area contributed by atoms with Gasteiger partial charge in [-0.05, 0) is 62.2 Å². The number of nitrogens with one attached hydrogen (secondary N) is 1. The van der Waals surface area contributed by atoms with Crippen molar-refractivity contribution in [3.8, 4) is 0 Å². The topological polar surface area (TPSA) is 35.5 Å². The highest BCUT2D eigenvalue weighted by Gasteiger charge is 2.38. The van der Waals surface area contributed by atoms with Crippen LogP contribution in [-0.2, 0) is 0 Å². The molecule has 4 rings (SSSR count). The van der Waals surface area contributed by atoms with E-state index >= 15 is 0 Å². The van der Waals surface area contributed by atoms with Gasteiger partial charge in [0.05, 0.1) is 12.1 Å². The minimum absolute atomic E-state index is 0.200. The number of hydrogen-bond acceptors (Lipinski definition) is 3. The number of piperidine rings is 1. The van der Waals surface area contributed by atoms with Gasteiger partial charge in [0, 0.05) is 12.6 Å². The van der Waals surface area contributed by atoms with E-state index in [0.717, 1.165) is 32.0 Å². The van der Waals surface area contributed by atoms with E-state index in [9.17, 15) is 5.11 Å². The van der Waals surface area contributed by atoms with Gasteiger partial charge in [0.2, 0.25) is 0 Å². The molecule has 1 saturated carbocycles. The Hall–Kier alpha value is -0.900. The Kier molecular flexibility index (Phi) is 3.74. The lowest BCUT2D eigenvalue weighted by molar-refractivity contribution is 0.0806. The summed E-state index contributed by atoms with van der Waals surface area (Å²) in [6.07, 6.45) is 5.83. The summed E-state index contributed by atoms with van der Waals surface area (Å²) in [4.78, 5) is 2.58. The van der Waals surface area contributed by atoms with Gasteiger partial charge in [0.15, 0.2) is 0 Å². The predicted molar refractivity (Wildman–Crippen MR) is 84.4 cm³/mol. The molecular weight excluding hydrogens is 260 g/mol. The molecule has 3 nitrogen and oxygen atoms in total. The van der Waals surface area contributed by atoms with Crippen LogP contribution in [0.15, 0.2) is 24.3 Å². The molecule has 2 saturated heterocycles. The first-order valence-corrected chi connectivity index (χ1v) is 8.57. The average molecular weight is 286 g/mol. The van der Waals surface area contributed by atoms with Crippen LogP contribution in [0.3, 0.4) is 0 Å². The molecule has 0 amide bonds. The maximum atomic E-state index is 10.5. The molecular formula is C18H26N2O. The Balaban J connectivity index is 1.59. The molecule has 0 aromatic heterocycles. The monoisotopic (exact) mass is 286 g/mol. The van der Waals surface area contributed by atoms with Crippen molar-refractivity contribution >= 4 is 0 Å². The number of aliphatic hydroxyl groups is 1. The highest BCUT2D eigenvalue weighted by molar-refractivity contribution is 5.32. The van der Waals surface area contributed by atoms with Crippen molar-refractivity contribution < 1.29 is 5.11 Å². The molecule has 2 aliphatic heterocycles. The highest BCUT2D eigenvalue weighted by Crippen LogP contribution is 2.42. The lowest BCUT2D eigenvalue weighted by atomic mass is 9.96. The number of hydrogen-bond donors (Lipinski definition) is 2. The summed E-state index contributed by atoms with van der Waals surface area (Å²) in [6.45, 7) is 3.28. The molecule has 3 heteroatoms. The van der Waals surface area contributed by atoms with Crippen LogP contribution in [0, 0.1) is 0 Å². The zero-order valence-corrected chi connectivity index (χ0v) is 12.7. The van der Waals surface area contributed by atoms with Crippen molar-refractivity contribution in [2.24, 2.45) is 0 Å². The summed E-state index contributed by atoms with van der Waals surface area (Å²) in [5.41, 5.74) is 2.82. The molecule has 3 fully saturated rings. The number of nitrogens with zero attached hydrogens (tertiary/aromatic N) is 1. The lowest BCUT2D eigenvalue weighted by Gasteiger charge is -2.36. The zero-order chi connectivity index (χ0) is 14.2. The fourth-order valence-corrected chi connectivity index (χ4v) is 4.17. The molecule has 1 aromatic rings. The number of likely N-dealkylation sites (tertiary alicyclic amines) is 1. The van der Waals surface area contributed by atoms with Crippen molar-refractivity contribution in [1.82, 2.24) is 10.2 Å². The van der Waals surface area contributed by atoms with E-state index in [2.05, 4.69) is 34.5 Å². The van der Waals surface area contributed by atoms with Gasteiger partial charge < -0.3 is 10.4 Å². The molecule has 2 N–H and O–H groups in total. The standard InChI is InChI=1S/C18H26N2O/c21-17-8-11-20(16-6-9-19-10-7-16)18(17)15-3-1-2-14(12-15)13-4-5-13/h1-3,12-13,16-19,21H,4-11H2. The Bertz CT molecular complexity index is 494. The first kappa shape index (κ1) is 13.7. The molecule has 2 unspecified atom stereocenters. The van der Waals surface area contributed by atoms with Crippen molar-refractivity contribution in [1.29, 1.82) is 0 Å². The third-order valence-corrected chi connectivity index (χ3v) is 5.48. The van der Waals surface area contributed by atoms with E-state index in [1.807, 2.05) is 0 Å². The SMILES string of the molecule is OC1CCN(C2CCNCC2)C1c1cccc(C2CC2)c1. The third kappa shape index (κ3) is 2.75. The van der Waals surface area contributed by atoms with Gasteiger partial charge in [-0.25, -0.2) is 0 Å². The van der Waals surface area contributed by atoms with Gasteiger partial charge in [-0.1, -0.05) is 24.3 Å². The second-order valence-corrected chi connectivity index (χ2v) is 6.96. The van der Waals surface area contributed by atoms with Crippen LogP contribution in [0.25, 0.3) is 0 Å². The molecule has 1 aliphatic carbocycles. The molecule has 0 bridgehead atoms. The van der Waals surface area contributed by atoms with Crippen LogP contribution < -0.4 is 5.32 Å². The van der Waals surface area contributed by atoms with Crippen LogP contribution in [0.1, 0.15) is 55.2 Å². The summed E-state index contributed by atoms with van der Waals surface area (Å²) < 4.78 is 0. The molecule has 1 aromatic carbocycles. The van der Waals surface area contributed by atoms with Crippen molar-refractivity contribution in [3.63, 3.8) is 0 Å². The molecule has 3 aliphatic rings. The Morgan fingerprint density at radius 3 is 2.52 bits per heavy atom. The van der Waals surface area contributed by atoms with Gasteiger partial charge in [-0.2, -0.15) is 0 Å². The van der Waals surface area contributed by atoms with E-state index in [4.69, 9.17) is 0 Å². The van der Waals surface area contributed by atoms with E-state index in [-0.39, 0.29) is 12.1 Å². The Morgan fingerprint density at radius 1 is 1.00 bits per heavy atom. The molecule has 0 radical (unpaired) electrons. The Labute approximate surface area is 127 Å². The minimum Gasteiger partial charge on any atom is -0.391 e. The first-order chi connectivity index (χ1) is 10.3. The van der Waals surface area contributed by atoms with Crippen LogP contribution in [0.5, 0.6) is 0 Å². The molecule has 2 heterocycles. The van der Waals surface area contributed by atoms with Gasteiger partial charge in [0.25, 0.3) is 0 Å². The molecule has 21 heavy (non-hydrogen) atoms. The second-order valence-electron chi connectivity index (χ2n) is 6.96. The summed E-state index contributed by atoms with van der Waals surface area (Å²) in [7, 11) is 0. The minimum atomic E-state index is -0.200. The lowest BCUT2D eigenvalue weighted by Crippen LogP contribution is -2.43. The molecule has 0 spiro atoms. The average Bonchev–Trinajstić information content (AvgIpc) is 3.31. The van der Waals surface area contributed by atoms with Crippen LogP contribution >= 0.6 is 0 Å². The summed E-state index contributed by atoms with van der Waals surface area (Å²) in [5, 5.41) is 14.0. The smallest absolute Gasteiger partial charge is 0.0749 e. The van der Waals surface area contributed by atoms with Crippen LogP contribution in [0.4, 0.5) is 0 Å². The zero-order valence-electron chi connectivity index (χ0n) is 12.7. The van der Waals surface area contributed by atoms with E-state index in [0.29, 0.717) is 6.04 Å². The molecule has 114 valence electrons. The normalized spacial score (nSPS) is 31.7. The predicted octanol–water partition coefficient (Wildman–Crippen LogP) is 2.42. The second kappa shape index (κ2) is 5.71. The van der Waals surface area contributed by atoms with E-state index in [1.54, 1.807) is 0 Å². The number of rotatable bonds is 3. The summed E-state index contributed by atoms with van der Waals surface area (Å²) in [5.74, 6) is 0.788. The van der Waals surface area contributed by atoms with E-state index < -0.39 is 0 Å². The quantitative estimate of drug-likeness (QED) is 0.896. The third-order valence-electron chi connectivity index (χ3n) is 5.48. The van der Waals surface area contributed by atoms with Gasteiger partial charge in [-0.15, -0.1) is 0 Å². The maximum absolute atomic E-state index is 10.5. The van der Waals surface area contributed by atoms with Crippen molar-refractivity contribution in [3.05, 3.63) is 35.4 Å². The van der Waals surface area contributed by atoms with Crippen LogP contribution in [-0.4, -0.2) is 41.8 Å². The number of benzene rings is 1. The number of aliphatic hydroxyl groups excluding tert-OH is 1. The van der Waals surface area contributed by atoms with Crippen LogP contribution in [0.2, 0.25) is 0 Å². The summed E-state index contributed by atoms with van der Waals surface area (Å²) >= 11 is 0. The fraction of sp³-hybridized carbons (Fsp3) is 0.667. The largest absolute Gasteiger partial charge is 0.391 e. The van der Waals surface area contributed by atoms with E-state index in [1.165, 1.54) is 36.8 Å². The molecule has 2 atom stereocenters. The summed E-state index contributed by atoms with van der Waals surface area (Å²) in [6, 6.07) is 9.89. The fourth-order valence-electron chi connectivity index (χ4n) is 4.17. The maximum Gasteiger partial charge on any atom is 0.0749 e. The highest BCUT2D eigenvalue weighted by atomic mass is 16.3.